The van der Waals surface area contributed by atoms with Crippen molar-refractivity contribution in [3.05, 3.63) is 35.7 Å². The van der Waals surface area contributed by atoms with E-state index in [0.717, 1.165) is 12.0 Å². The third-order valence-corrected chi connectivity index (χ3v) is 3.44. The molecule has 0 aliphatic heterocycles. The lowest BCUT2D eigenvalue weighted by molar-refractivity contribution is -0.121. The molecule has 1 aromatic carbocycles. The van der Waals surface area contributed by atoms with Gasteiger partial charge in [-0.15, -0.1) is 0 Å². The summed E-state index contributed by atoms with van der Waals surface area (Å²) in [6, 6.07) is 8.15. The SMILES string of the molecule is CCCNC(=O)CCc1nc(-c2ccc(C(C)C)cc2)no1. The smallest absolute Gasteiger partial charge is 0.227 e. The van der Waals surface area contributed by atoms with E-state index < -0.39 is 0 Å². The highest BCUT2D eigenvalue weighted by molar-refractivity contribution is 5.75. The molecule has 0 saturated carbocycles. The lowest BCUT2D eigenvalue weighted by Gasteiger charge is -2.04. The van der Waals surface area contributed by atoms with E-state index in [-0.39, 0.29) is 5.91 Å². The lowest BCUT2D eigenvalue weighted by atomic mass is 10.0. The number of nitrogens with zero attached hydrogens (tertiary/aromatic N) is 2. The van der Waals surface area contributed by atoms with E-state index in [1.54, 1.807) is 0 Å². The third kappa shape index (κ3) is 4.41. The molecule has 1 heterocycles. The fraction of sp³-hybridized carbons (Fsp3) is 0.471. The maximum Gasteiger partial charge on any atom is 0.227 e. The predicted octanol–water partition coefficient (Wildman–Crippen LogP) is 3.32. The number of rotatable bonds is 7. The highest BCUT2D eigenvalue weighted by Crippen LogP contribution is 2.20. The Morgan fingerprint density at radius 2 is 2.00 bits per heavy atom. The van der Waals surface area contributed by atoms with Crippen LogP contribution in [0.3, 0.4) is 0 Å². The van der Waals surface area contributed by atoms with Gasteiger partial charge < -0.3 is 9.84 Å². The van der Waals surface area contributed by atoms with E-state index in [9.17, 15) is 4.79 Å². The van der Waals surface area contributed by atoms with Gasteiger partial charge in [-0.25, -0.2) is 0 Å². The maximum absolute atomic E-state index is 11.6. The summed E-state index contributed by atoms with van der Waals surface area (Å²) >= 11 is 0. The summed E-state index contributed by atoms with van der Waals surface area (Å²) in [4.78, 5) is 15.9. The molecule has 0 fully saturated rings. The zero-order valence-corrected chi connectivity index (χ0v) is 13.4. The van der Waals surface area contributed by atoms with Crippen molar-refractivity contribution in [2.75, 3.05) is 6.54 Å². The number of hydrogen-bond donors (Lipinski definition) is 1. The summed E-state index contributed by atoms with van der Waals surface area (Å²) in [5, 5.41) is 6.81. The van der Waals surface area contributed by atoms with Crippen LogP contribution in [0.4, 0.5) is 0 Å². The zero-order valence-electron chi connectivity index (χ0n) is 13.4. The number of carbonyl (C=O) groups excluding carboxylic acids is 1. The van der Waals surface area contributed by atoms with Crippen LogP contribution in [0.15, 0.2) is 28.8 Å². The molecule has 5 heteroatoms. The molecule has 5 nitrogen and oxygen atoms in total. The van der Waals surface area contributed by atoms with Gasteiger partial charge in [0.1, 0.15) is 0 Å². The molecule has 2 rings (SSSR count). The van der Waals surface area contributed by atoms with E-state index in [2.05, 4.69) is 41.4 Å². The molecule has 1 amide bonds. The number of hydrogen-bond acceptors (Lipinski definition) is 4. The largest absolute Gasteiger partial charge is 0.356 e. The summed E-state index contributed by atoms with van der Waals surface area (Å²) in [7, 11) is 0. The van der Waals surface area contributed by atoms with Crippen LogP contribution in [0.5, 0.6) is 0 Å². The highest BCUT2D eigenvalue weighted by Gasteiger charge is 2.10. The van der Waals surface area contributed by atoms with E-state index in [1.807, 2.05) is 19.1 Å². The van der Waals surface area contributed by atoms with E-state index in [1.165, 1.54) is 5.56 Å². The second-order valence-electron chi connectivity index (χ2n) is 5.64. The Labute approximate surface area is 131 Å². The molecule has 0 spiro atoms. The van der Waals surface area contributed by atoms with Crippen molar-refractivity contribution in [1.29, 1.82) is 0 Å². The van der Waals surface area contributed by atoms with Crippen LogP contribution in [0.1, 0.15) is 51.0 Å². The highest BCUT2D eigenvalue weighted by atomic mass is 16.5. The minimum atomic E-state index is 0.0166. The van der Waals surface area contributed by atoms with Crippen molar-refractivity contribution in [1.82, 2.24) is 15.5 Å². The molecule has 0 unspecified atom stereocenters. The summed E-state index contributed by atoms with van der Waals surface area (Å²) in [5.41, 5.74) is 2.20. The fourth-order valence-electron chi connectivity index (χ4n) is 2.06. The average Bonchev–Trinajstić information content (AvgIpc) is 3.00. The van der Waals surface area contributed by atoms with E-state index >= 15 is 0 Å². The van der Waals surface area contributed by atoms with Crippen LogP contribution in [-0.2, 0) is 11.2 Å². The molecule has 1 N–H and O–H groups in total. The number of nitrogens with one attached hydrogen (secondary N) is 1. The molecule has 2 aromatic rings. The van der Waals surface area contributed by atoms with Gasteiger partial charge in [0.15, 0.2) is 0 Å². The Morgan fingerprint density at radius 1 is 1.27 bits per heavy atom. The van der Waals surface area contributed by atoms with Gasteiger partial charge >= 0.3 is 0 Å². The summed E-state index contributed by atoms with van der Waals surface area (Å²) in [6.07, 6.45) is 1.77. The van der Waals surface area contributed by atoms with E-state index in [0.29, 0.717) is 37.0 Å². The lowest BCUT2D eigenvalue weighted by Crippen LogP contribution is -2.24. The minimum Gasteiger partial charge on any atom is -0.356 e. The molecule has 0 bridgehead atoms. The topological polar surface area (TPSA) is 68.0 Å². The van der Waals surface area contributed by atoms with Crippen LogP contribution >= 0.6 is 0 Å². The van der Waals surface area contributed by atoms with Crippen molar-refractivity contribution < 1.29 is 9.32 Å². The molecule has 0 atom stereocenters. The van der Waals surface area contributed by atoms with Gasteiger partial charge in [-0.3, -0.25) is 4.79 Å². The first-order chi connectivity index (χ1) is 10.6. The van der Waals surface area contributed by atoms with Gasteiger partial charge in [-0.1, -0.05) is 50.2 Å². The molecular weight excluding hydrogens is 278 g/mol. The summed E-state index contributed by atoms with van der Waals surface area (Å²) in [5.74, 6) is 1.58. The van der Waals surface area contributed by atoms with Crippen LogP contribution in [0.2, 0.25) is 0 Å². The normalized spacial score (nSPS) is 10.9. The molecule has 118 valence electrons. The third-order valence-electron chi connectivity index (χ3n) is 3.44. The van der Waals surface area contributed by atoms with Crippen molar-refractivity contribution in [3.8, 4) is 11.4 Å². The minimum absolute atomic E-state index is 0.0166. The van der Waals surface area contributed by atoms with Crippen LogP contribution in [-0.4, -0.2) is 22.6 Å². The Morgan fingerprint density at radius 3 is 2.64 bits per heavy atom. The Balaban J connectivity index is 1.94. The Kier molecular flexibility index (Phi) is 5.69. The first-order valence-corrected chi connectivity index (χ1v) is 7.79. The predicted molar refractivity (Wildman–Crippen MR) is 85.4 cm³/mol. The molecule has 22 heavy (non-hydrogen) atoms. The first-order valence-electron chi connectivity index (χ1n) is 7.79. The number of benzene rings is 1. The van der Waals surface area contributed by atoms with Gasteiger partial charge in [-0.2, -0.15) is 4.98 Å². The van der Waals surface area contributed by atoms with Gasteiger partial charge in [0.2, 0.25) is 17.6 Å². The molecule has 0 aliphatic carbocycles. The average molecular weight is 301 g/mol. The number of aromatic nitrogens is 2. The fourth-order valence-corrected chi connectivity index (χ4v) is 2.06. The van der Waals surface area contributed by atoms with Crippen LogP contribution in [0, 0.1) is 0 Å². The zero-order chi connectivity index (χ0) is 15.9. The van der Waals surface area contributed by atoms with Gasteiger partial charge in [0.05, 0.1) is 0 Å². The van der Waals surface area contributed by atoms with Crippen LogP contribution < -0.4 is 5.32 Å². The Hall–Kier alpha value is -2.17. The molecule has 0 radical (unpaired) electrons. The van der Waals surface area contributed by atoms with Crippen LogP contribution in [0.25, 0.3) is 11.4 Å². The second-order valence-corrected chi connectivity index (χ2v) is 5.64. The van der Waals surface area contributed by atoms with Crippen molar-refractivity contribution in [2.45, 2.75) is 46.0 Å². The summed E-state index contributed by atoms with van der Waals surface area (Å²) < 4.78 is 5.21. The first kappa shape index (κ1) is 16.2. The van der Waals surface area contributed by atoms with Crippen molar-refractivity contribution >= 4 is 5.91 Å². The van der Waals surface area contributed by atoms with Gasteiger partial charge in [0, 0.05) is 24.9 Å². The second kappa shape index (κ2) is 7.73. The number of carbonyl (C=O) groups is 1. The standard InChI is InChI=1S/C17H23N3O2/c1-4-11-18-15(21)9-10-16-19-17(20-22-16)14-7-5-13(6-8-14)12(2)3/h5-8,12H,4,9-11H2,1-3H3,(H,18,21). The summed E-state index contributed by atoms with van der Waals surface area (Å²) in [6.45, 7) is 7.04. The van der Waals surface area contributed by atoms with Gasteiger partial charge in [0.25, 0.3) is 0 Å². The van der Waals surface area contributed by atoms with Gasteiger partial charge in [-0.05, 0) is 17.9 Å². The van der Waals surface area contributed by atoms with E-state index in [4.69, 9.17) is 4.52 Å². The quantitative estimate of drug-likeness (QED) is 0.852. The molecule has 0 saturated heterocycles. The number of amides is 1. The maximum atomic E-state index is 11.6. The molecule has 1 aromatic heterocycles. The number of aryl methyl sites for hydroxylation is 1. The Bertz CT molecular complexity index is 603. The van der Waals surface area contributed by atoms with Crippen molar-refractivity contribution in [3.63, 3.8) is 0 Å². The monoisotopic (exact) mass is 301 g/mol. The molecule has 0 aliphatic rings. The van der Waals surface area contributed by atoms with Crippen molar-refractivity contribution in [2.24, 2.45) is 0 Å². The molecular formula is C17H23N3O2.